The molecule has 1 saturated carbocycles. The van der Waals surface area contributed by atoms with Gasteiger partial charge in [-0.2, -0.15) is 8.78 Å². The monoisotopic (exact) mass is 168 g/mol. The molecule has 1 fully saturated rings. The van der Waals surface area contributed by atoms with Crippen molar-refractivity contribution in [2.45, 2.75) is 23.8 Å². The maximum atomic E-state index is 11.6. The molecular weight excluding hydrogens is 158 g/mol. The predicted octanol–water partition coefficient (Wildman–Crippen LogP) is 1.71. The molecule has 0 amide bonds. The Morgan fingerprint density at radius 2 is 2.10 bits per heavy atom. The third-order valence-electron chi connectivity index (χ3n) is 1.75. The smallest absolute Gasteiger partial charge is 0.284 e. The van der Waals surface area contributed by atoms with Crippen molar-refractivity contribution in [3.05, 3.63) is 0 Å². The van der Waals surface area contributed by atoms with Gasteiger partial charge in [0.2, 0.25) is 0 Å². The Hall–Kier alpha value is 0.170. The molecule has 0 spiro atoms. The minimum absolute atomic E-state index is 0.0946. The molecule has 0 radical (unpaired) electrons. The first-order valence-electron chi connectivity index (χ1n) is 3.27. The summed E-state index contributed by atoms with van der Waals surface area (Å²) in [6.45, 7) is 0.153. The van der Waals surface area contributed by atoms with Gasteiger partial charge in [-0.15, -0.1) is 0 Å². The van der Waals surface area contributed by atoms with Crippen LogP contribution in [-0.2, 0) is 0 Å². The minimum Gasteiger partial charge on any atom is -0.396 e. The quantitative estimate of drug-likeness (QED) is 0.692. The molecule has 0 saturated heterocycles. The van der Waals surface area contributed by atoms with E-state index in [4.69, 9.17) is 5.11 Å². The van der Waals surface area contributed by atoms with Gasteiger partial charge in [0.25, 0.3) is 5.76 Å². The Bertz CT molecular complexity index is 104. The van der Waals surface area contributed by atoms with E-state index in [0.717, 1.165) is 12.8 Å². The van der Waals surface area contributed by atoms with Crippen molar-refractivity contribution >= 4 is 11.8 Å². The van der Waals surface area contributed by atoms with E-state index in [-0.39, 0.29) is 17.8 Å². The third kappa shape index (κ3) is 2.09. The normalized spacial score (nSPS) is 32.4. The van der Waals surface area contributed by atoms with E-state index in [9.17, 15) is 8.78 Å². The van der Waals surface area contributed by atoms with Gasteiger partial charge in [0, 0.05) is 11.9 Å². The highest BCUT2D eigenvalue weighted by molar-refractivity contribution is 8.00. The molecule has 1 rings (SSSR count). The molecule has 1 aliphatic rings. The van der Waals surface area contributed by atoms with Crippen LogP contribution in [0.1, 0.15) is 12.8 Å². The van der Waals surface area contributed by atoms with E-state index < -0.39 is 5.76 Å². The Kier molecular flexibility index (Phi) is 2.92. The lowest BCUT2D eigenvalue weighted by atomic mass is 9.86. The summed E-state index contributed by atoms with van der Waals surface area (Å²) in [6, 6.07) is 0. The fourth-order valence-corrected chi connectivity index (χ4v) is 2.14. The first-order chi connectivity index (χ1) is 4.72. The van der Waals surface area contributed by atoms with Gasteiger partial charge in [0.1, 0.15) is 0 Å². The lowest BCUT2D eigenvalue weighted by Crippen LogP contribution is -2.29. The molecule has 0 heterocycles. The van der Waals surface area contributed by atoms with Crippen molar-refractivity contribution in [2.24, 2.45) is 5.92 Å². The van der Waals surface area contributed by atoms with Crippen LogP contribution in [0.2, 0.25) is 0 Å². The molecule has 0 bridgehead atoms. The van der Waals surface area contributed by atoms with E-state index in [0.29, 0.717) is 11.8 Å². The van der Waals surface area contributed by atoms with E-state index >= 15 is 0 Å². The van der Waals surface area contributed by atoms with Crippen LogP contribution in [0, 0.1) is 5.92 Å². The molecule has 0 unspecified atom stereocenters. The van der Waals surface area contributed by atoms with Gasteiger partial charge in [-0.05, 0) is 18.8 Å². The zero-order chi connectivity index (χ0) is 7.56. The summed E-state index contributed by atoms with van der Waals surface area (Å²) < 4.78 is 23.3. The first kappa shape index (κ1) is 8.27. The predicted molar refractivity (Wildman–Crippen MR) is 37.2 cm³/mol. The van der Waals surface area contributed by atoms with Crippen molar-refractivity contribution in [2.75, 3.05) is 6.61 Å². The highest BCUT2D eigenvalue weighted by atomic mass is 32.2. The average Bonchev–Trinajstić information content (AvgIpc) is 1.76. The number of alkyl halides is 2. The lowest BCUT2D eigenvalue weighted by Gasteiger charge is -2.32. The summed E-state index contributed by atoms with van der Waals surface area (Å²) in [5.41, 5.74) is 0. The van der Waals surface area contributed by atoms with Crippen LogP contribution in [-0.4, -0.2) is 22.7 Å². The highest BCUT2D eigenvalue weighted by Crippen LogP contribution is 2.38. The molecule has 10 heavy (non-hydrogen) atoms. The maximum Gasteiger partial charge on any atom is 0.284 e. The third-order valence-corrected chi connectivity index (χ3v) is 2.72. The van der Waals surface area contributed by atoms with Crippen LogP contribution >= 0.6 is 11.8 Å². The molecular formula is C6H10F2OS. The Balaban J connectivity index is 2.03. The van der Waals surface area contributed by atoms with Gasteiger partial charge in [-0.3, -0.25) is 0 Å². The fourth-order valence-electron chi connectivity index (χ4n) is 1.08. The van der Waals surface area contributed by atoms with Crippen LogP contribution in [0.5, 0.6) is 0 Å². The van der Waals surface area contributed by atoms with Gasteiger partial charge in [0.15, 0.2) is 0 Å². The number of hydrogen-bond acceptors (Lipinski definition) is 2. The second-order valence-electron chi connectivity index (χ2n) is 2.54. The number of halogens is 2. The summed E-state index contributed by atoms with van der Waals surface area (Å²) in [5, 5.41) is 8.64. The average molecular weight is 168 g/mol. The Labute approximate surface area is 62.8 Å². The van der Waals surface area contributed by atoms with Gasteiger partial charge < -0.3 is 5.11 Å². The van der Waals surface area contributed by atoms with Crippen LogP contribution in [0.3, 0.4) is 0 Å². The molecule has 1 aliphatic carbocycles. The van der Waals surface area contributed by atoms with Gasteiger partial charge in [-0.1, -0.05) is 11.8 Å². The first-order valence-corrected chi connectivity index (χ1v) is 4.21. The summed E-state index contributed by atoms with van der Waals surface area (Å²) in [6.07, 6.45) is 1.51. The number of thioether (sulfide) groups is 1. The molecule has 0 aliphatic heterocycles. The fraction of sp³-hybridized carbons (Fsp3) is 1.00. The van der Waals surface area contributed by atoms with Crippen molar-refractivity contribution in [1.29, 1.82) is 0 Å². The molecule has 4 heteroatoms. The zero-order valence-electron chi connectivity index (χ0n) is 5.46. The summed E-state index contributed by atoms with van der Waals surface area (Å²) in [7, 11) is 0. The molecule has 0 aromatic heterocycles. The topological polar surface area (TPSA) is 20.2 Å². The second-order valence-corrected chi connectivity index (χ2v) is 3.83. The zero-order valence-corrected chi connectivity index (χ0v) is 6.28. The summed E-state index contributed by atoms with van der Waals surface area (Å²) >= 11 is 0.716. The maximum absolute atomic E-state index is 11.6. The number of rotatable bonds is 3. The molecule has 0 aromatic rings. The van der Waals surface area contributed by atoms with Gasteiger partial charge in [0.05, 0.1) is 0 Å². The van der Waals surface area contributed by atoms with Crippen LogP contribution in [0.4, 0.5) is 8.78 Å². The van der Waals surface area contributed by atoms with Crippen molar-refractivity contribution in [3.63, 3.8) is 0 Å². The SMILES string of the molecule is OCC1CC(SC(F)F)C1. The van der Waals surface area contributed by atoms with Gasteiger partial charge >= 0.3 is 0 Å². The van der Waals surface area contributed by atoms with Crippen LogP contribution in [0.25, 0.3) is 0 Å². The van der Waals surface area contributed by atoms with Gasteiger partial charge in [-0.25, -0.2) is 0 Å². The van der Waals surface area contributed by atoms with E-state index in [1.54, 1.807) is 0 Å². The highest BCUT2D eigenvalue weighted by Gasteiger charge is 2.30. The van der Waals surface area contributed by atoms with Crippen molar-refractivity contribution in [3.8, 4) is 0 Å². The minimum atomic E-state index is -2.25. The number of aliphatic hydroxyl groups excluding tert-OH is 1. The molecule has 0 aromatic carbocycles. The van der Waals surface area contributed by atoms with Crippen LogP contribution in [0.15, 0.2) is 0 Å². The summed E-state index contributed by atoms with van der Waals surface area (Å²) in [5.74, 6) is -1.96. The number of aliphatic hydroxyl groups is 1. The molecule has 60 valence electrons. The van der Waals surface area contributed by atoms with E-state index in [1.807, 2.05) is 0 Å². The van der Waals surface area contributed by atoms with E-state index in [1.165, 1.54) is 0 Å². The Morgan fingerprint density at radius 1 is 1.50 bits per heavy atom. The lowest BCUT2D eigenvalue weighted by molar-refractivity contribution is 0.165. The Morgan fingerprint density at radius 3 is 2.50 bits per heavy atom. The largest absolute Gasteiger partial charge is 0.396 e. The van der Waals surface area contributed by atoms with E-state index in [2.05, 4.69) is 0 Å². The van der Waals surface area contributed by atoms with Crippen LogP contribution < -0.4 is 0 Å². The van der Waals surface area contributed by atoms with Crippen molar-refractivity contribution in [1.82, 2.24) is 0 Å². The number of hydrogen-bond donors (Lipinski definition) is 1. The molecule has 1 N–H and O–H groups in total. The molecule has 1 nitrogen and oxygen atoms in total. The van der Waals surface area contributed by atoms with Crippen molar-refractivity contribution < 1.29 is 13.9 Å². The standard InChI is InChI=1S/C6H10F2OS/c7-6(8)10-5-1-4(2-5)3-9/h4-6,9H,1-3H2. The molecule has 0 atom stereocenters. The second kappa shape index (κ2) is 3.53. The summed E-state index contributed by atoms with van der Waals surface area (Å²) in [4.78, 5) is 0.